The minimum absolute atomic E-state index is 0.00308. The van der Waals surface area contributed by atoms with E-state index in [1.807, 2.05) is 50.4 Å². The average Bonchev–Trinajstić information content (AvgIpc) is 4.04. The number of fused-ring (bicyclic) bond motifs is 1. The van der Waals surface area contributed by atoms with Crippen molar-refractivity contribution in [1.29, 1.82) is 0 Å². The molecule has 296 valence electrons. The number of benzene rings is 2. The Morgan fingerprint density at radius 3 is 2.52 bits per heavy atom. The predicted octanol–water partition coefficient (Wildman–Crippen LogP) is 6.33. The van der Waals surface area contributed by atoms with Crippen molar-refractivity contribution in [2.45, 2.75) is 75.4 Å². The zero-order chi connectivity index (χ0) is 40.2. The molecule has 4 aromatic rings. The van der Waals surface area contributed by atoms with Crippen molar-refractivity contribution in [2.75, 3.05) is 19.0 Å². The van der Waals surface area contributed by atoms with E-state index in [0.717, 1.165) is 15.7 Å². The van der Waals surface area contributed by atoms with Gasteiger partial charge in [-0.1, -0.05) is 66.5 Å². The van der Waals surface area contributed by atoms with Gasteiger partial charge in [0.2, 0.25) is 27.7 Å². The van der Waals surface area contributed by atoms with Crippen LogP contribution in [0.2, 0.25) is 5.02 Å². The quantitative estimate of drug-likeness (QED) is 0.129. The molecule has 2 aromatic heterocycles. The van der Waals surface area contributed by atoms with Gasteiger partial charge in [-0.2, -0.15) is 0 Å². The zero-order valence-corrected chi connectivity index (χ0v) is 35.1. The largest absolute Gasteiger partial charge is 0.494 e. The summed E-state index contributed by atoms with van der Waals surface area (Å²) in [7, 11) is -2.36. The molecule has 56 heavy (non-hydrogen) atoms. The Hall–Kier alpha value is -4.25. The molecule has 0 unspecified atom stereocenters. The van der Waals surface area contributed by atoms with Gasteiger partial charge in [0.15, 0.2) is 5.13 Å². The second kappa shape index (κ2) is 15.3. The molecule has 0 bridgehead atoms. The van der Waals surface area contributed by atoms with E-state index in [2.05, 4.69) is 42.8 Å². The second-order valence-corrected chi connectivity index (χ2v) is 19.6. The summed E-state index contributed by atoms with van der Waals surface area (Å²) in [6, 6.07) is 11.0. The van der Waals surface area contributed by atoms with E-state index in [0.29, 0.717) is 39.5 Å². The Kier molecular flexibility index (Phi) is 10.9. The van der Waals surface area contributed by atoms with Crippen LogP contribution in [-0.2, 0) is 24.4 Å². The maximum absolute atomic E-state index is 14.8. The van der Waals surface area contributed by atoms with E-state index in [4.69, 9.17) is 26.1 Å². The number of ether oxygens (including phenoxy) is 2. The molecule has 1 saturated heterocycles. The highest BCUT2D eigenvalue weighted by molar-refractivity contribution is 9.10. The summed E-state index contributed by atoms with van der Waals surface area (Å²) in [5.41, 5.74) is -0.544. The molecule has 2 saturated carbocycles. The Bertz CT molecular complexity index is 2310. The summed E-state index contributed by atoms with van der Waals surface area (Å²) in [6.07, 6.45) is 3.48. The maximum Gasteiger partial charge on any atom is 0.259 e. The van der Waals surface area contributed by atoms with Crippen LogP contribution in [0.5, 0.6) is 11.6 Å². The lowest BCUT2D eigenvalue weighted by atomic mass is 9.85. The first-order chi connectivity index (χ1) is 26.5. The number of sulfonamides is 1. The number of aromatic nitrogens is 2. The van der Waals surface area contributed by atoms with E-state index in [9.17, 15) is 22.8 Å². The normalized spacial score (nSPS) is 22.6. The number of methoxy groups -OCH3 is 1. The number of carbonyl (C=O) groups is 3. The lowest BCUT2D eigenvalue weighted by Crippen LogP contribution is -2.58. The summed E-state index contributed by atoms with van der Waals surface area (Å²) >= 11 is 11.2. The Morgan fingerprint density at radius 2 is 1.88 bits per heavy atom. The fourth-order valence-electron chi connectivity index (χ4n) is 7.00. The first-order valence-corrected chi connectivity index (χ1v) is 21.7. The molecule has 17 heteroatoms. The second-order valence-electron chi connectivity index (χ2n) is 15.5. The van der Waals surface area contributed by atoms with Crippen molar-refractivity contribution in [3.05, 3.63) is 76.2 Å². The minimum atomic E-state index is -3.90. The Labute approximate surface area is 342 Å². The molecule has 3 fully saturated rings. The first kappa shape index (κ1) is 40.0. The number of rotatable bonds is 13. The summed E-state index contributed by atoms with van der Waals surface area (Å²) in [5.74, 6) is -1.58. The lowest BCUT2D eigenvalue weighted by Gasteiger charge is -2.35. The lowest BCUT2D eigenvalue weighted by molar-refractivity contribution is -0.141. The van der Waals surface area contributed by atoms with Crippen LogP contribution in [0.15, 0.2) is 71.2 Å². The SMILES string of the molecule is C=C[C@@H]1C[C@]1(NC(=O)[C@@H]1C[C@@H](Oc2ncc(OC)c3ccc(Cl)cc23)CN1C(=O)[C@@H](Nc1nc(-c2ccc(Br)cc2)cs1)C(C)(C)C)C(=O)NS(=O)(=O)C1CC1. The summed E-state index contributed by atoms with van der Waals surface area (Å²) < 4.78 is 40.6. The highest BCUT2D eigenvalue weighted by Gasteiger charge is 2.62. The monoisotopic (exact) mass is 884 g/mol. The van der Waals surface area contributed by atoms with Crippen LogP contribution in [0.1, 0.15) is 46.5 Å². The number of pyridine rings is 1. The number of amides is 3. The molecule has 3 heterocycles. The molecule has 2 aromatic carbocycles. The fourth-order valence-corrected chi connectivity index (χ4v) is 9.55. The number of nitrogens with one attached hydrogen (secondary N) is 3. The number of likely N-dealkylation sites (tertiary alicyclic amines) is 1. The number of anilines is 1. The number of hydrogen-bond donors (Lipinski definition) is 3. The highest BCUT2D eigenvalue weighted by atomic mass is 79.9. The molecule has 7 rings (SSSR count). The van der Waals surface area contributed by atoms with Crippen LogP contribution in [0.25, 0.3) is 22.0 Å². The van der Waals surface area contributed by atoms with Crippen LogP contribution in [0.3, 0.4) is 0 Å². The first-order valence-electron chi connectivity index (χ1n) is 18.1. The highest BCUT2D eigenvalue weighted by Crippen LogP contribution is 2.46. The van der Waals surface area contributed by atoms with Crippen molar-refractivity contribution >= 4 is 82.5 Å². The van der Waals surface area contributed by atoms with Gasteiger partial charge in [0, 0.05) is 43.6 Å². The summed E-state index contributed by atoms with van der Waals surface area (Å²) in [4.78, 5) is 53.6. The molecule has 3 N–H and O–H groups in total. The van der Waals surface area contributed by atoms with Crippen LogP contribution in [-0.4, -0.2) is 83.6 Å². The number of nitrogens with zero attached hydrogens (tertiary/aromatic N) is 3. The van der Waals surface area contributed by atoms with Gasteiger partial charge in [-0.3, -0.25) is 19.1 Å². The number of hydrogen-bond acceptors (Lipinski definition) is 11. The standard InChI is InChI=1S/C39H42BrClN6O7S2/c1-6-22-17-39(22,36(50)46-56(51,52)26-12-13-26)45-33(48)30-16-25(54-34-28-15-24(41)11-14-27(28)31(53-5)18-42-34)19-47(30)35(49)32(38(2,3)4)44-37-43-29(20-55-37)21-7-9-23(40)10-8-21/h6-11,14-15,18,20,22,25-26,30,32H,1,12-13,16-17,19H2,2-5H3,(H,43,44)(H,45,48)(H,46,50)/t22-,25-,30+,32-,39-/m1/s1. The predicted molar refractivity (Wildman–Crippen MR) is 219 cm³/mol. The number of halogens is 2. The molecule has 2 aliphatic carbocycles. The van der Waals surface area contributed by atoms with Crippen molar-refractivity contribution < 1.29 is 32.3 Å². The van der Waals surface area contributed by atoms with Gasteiger partial charge in [0.25, 0.3) is 5.91 Å². The molecular weight excluding hydrogens is 844 g/mol. The van der Waals surface area contributed by atoms with E-state index >= 15 is 0 Å². The third kappa shape index (κ3) is 8.11. The van der Waals surface area contributed by atoms with Crippen molar-refractivity contribution in [1.82, 2.24) is 24.9 Å². The maximum atomic E-state index is 14.8. The Morgan fingerprint density at radius 1 is 1.14 bits per heavy atom. The van der Waals surface area contributed by atoms with Gasteiger partial charge >= 0.3 is 0 Å². The van der Waals surface area contributed by atoms with Gasteiger partial charge < -0.3 is 25.0 Å². The van der Waals surface area contributed by atoms with Crippen molar-refractivity contribution in [3.63, 3.8) is 0 Å². The third-order valence-corrected chi connectivity index (χ3v) is 13.8. The summed E-state index contributed by atoms with van der Waals surface area (Å²) in [6.45, 7) is 9.56. The molecular formula is C39H42BrClN6O7S2. The molecule has 5 atom stereocenters. The smallest absolute Gasteiger partial charge is 0.259 e. The number of carbonyl (C=O) groups excluding carboxylic acids is 3. The van der Waals surface area contributed by atoms with E-state index in [1.165, 1.54) is 35.6 Å². The minimum Gasteiger partial charge on any atom is -0.494 e. The van der Waals surface area contributed by atoms with E-state index in [1.54, 1.807) is 18.2 Å². The van der Waals surface area contributed by atoms with Gasteiger partial charge in [-0.25, -0.2) is 18.4 Å². The van der Waals surface area contributed by atoms with Crippen molar-refractivity contribution in [2.24, 2.45) is 11.3 Å². The molecule has 0 spiro atoms. The van der Waals surface area contributed by atoms with Gasteiger partial charge in [-0.15, -0.1) is 17.9 Å². The van der Waals surface area contributed by atoms with Gasteiger partial charge in [0.1, 0.15) is 29.5 Å². The molecule has 3 aliphatic rings. The third-order valence-electron chi connectivity index (χ3n) is 10.4. The molecule has 13 nitrogen and oxygen atoms in total. The topological polar surface area (TPSA) is 169 Å². The van der Waals surface area contributed by atoms with Crippen LogP contribution in [0.4, 0.5) is 5.13 Å². The average molecular weight is 886 g/mol. The van der Waals surface area contributed by atoms with Crippen LogP contribution >= 0.6 is 38.9 Å². The molecule has 1 aliphatic heterocycles. The molecule has 3 amide bonds. The number of thiazole rings is 1. The fraction of sp³-hybridized carbons (Fsp3) is 0.410. The van der Waals surface area contributed by atoms with Crippen molar-refractivity contribution in [3.8, 4) is 22.9 Å². The van der Waals surface area contributed by atoms with E-state index < -0.39 is 62.1 Å². The molecule has 0 radical (unpaired) electrons. The van der Waals surface area contributed by atoms with Gasteiger partial charge in [-0.05, 0) is 55.0 Å². The van der Waals surface area contributed by atoms with E-state index in [-0.39, 0.29) is 31.2 Å². The Balaban J connectivity index is 1.19. The zero-order valence-electron chi connectivity index (χ0n) is 31.2. The van der Waals surface area contributed by atoms with Crippen LogP contribution < -0.4 is 24.8 Å². The summed E-state index contributed by atoms with van der Waals surface area (Å²) in [5, 5.41) is 9.74. The van der Waals surface area contributed by atoms with Crippen LogP contribution in [0, 0.1) is 11.3 Å². The van der Waals surface area contributed by atoms with Gasteiger partial charge in [0.05, 0.1) is 30.8 Å².